The molecule has 0 radical (unpaired) electrons. The van der Waals surface area contributed by atoms with Gasteiger partial charge in [0.15, 0.2) is 28.4 Å². The summed E-state index contributed by atoms with van der Waals surface area (Å²) in [5, 5.41) is 30.5. The summed E-state index contributed by atoms with van der Waals surface area (Å²) in [6, 6.07) is 7.35. The largest absolute Gasteiger partial charge is 0.497 e. The molecule has 0 saturated carbocycles. The molecule has 1 saturated heterocycles. The van der Waals surface area contributed by atoms with Crippen LogP contribution in [0.1, 0.15) is 6.23 Å². The molecule has 4 atom stereocenters. The van der Waals surface area contributed by atoms with Crippen molar-refractivity contribution in [2.45, 2.75) is 34.6 Å². The van der Waals surface area contributed by atoms with E-state index < -0.39 is 31.1 Å². The minimum absolute atomic E-state index is 0.187. The zero-order valence-corrected chi connectivity index (χ0v) is 15.7. The number of aliphatic hydroxyl groups excluding tert-OH is 3. The topological polar surface area (TPSA) is 149 Å². The highest BCUT2D eigenvalue weighted by atomic mass is 32.2. The fourth-order valence-corrected chi connectivity index (χ4v) is 3.96. The maximum Gasteiger partial charge on any atom is 0.177 e. The predicted molar refractivity (Wildman–Crippen MR) is 99.9 cm³/mol. The molecule has 4 rings (SSSR count). The van der Waals surface area contributed by atoms with Crippen LogP contribution in [0.2, 0.25) is 0 Å². The van der Waals surface area contributed by atoms with Gasteiger partial charge in [0, 0.05) is 4.90 Å². The highest BCUT2D eigenvalue weighted by Gasteiger charge is 2.45. The van der Waals surface area contributed by atoms with Gasteiger partial charge in [-0.15, -0.1) is 0 Å². The summed E-state index contributed by atoms with van der Waals surface area (Å²) in [5.74, 6) is 0.906. The van der Waals surface area contributed by atoms with E-state index in [0.717, 1.165) is 10.6 Å². The van der Waals surface area contributed by atoms with Crippen LogP contribution in [0.15, 0.2) is 40.6 Å². The first kappa shape index (κ1) is 18.9. The fourth-order valence-electron chi connectivity index (χ4n) is 3.05. The van der Waals surface area contributed by atoms with Crippen LogP contribution >= 0.6 is 11.8 Å². The van der Waals surface area contributed by atoms with Crippen LogP contribution in [0.25, 0.3) is 11.2 Å². The molecule has 0 aliphatic carbocycles. The number of ether oxygens (including phenoxy) is 2. The summed E-state index contributed by atoms with van der Waals surface area (Å²) in [6.45, 7) is -0.431. The number of fused-ring (bicyclic) bond motifs is 1. The van der Waals surface area contributed by atoms with Crippen LogP contribution in [0.4, 0.5) is 5.82 Å². The van der Waals surface area contributed by atoms with Gasteiger partial charge in [0.1, 0.15) is 30.4 Å². The van der Waals surface area contributed by atoms with Crippen molar-refractivity contribution in [2.75, 3.05) is 19.5 Å². The van der Waals surface area contributed by atoms with E-state index in [9.17, 15) is 15.3 Å². The summed E-state index contributed by atoms with van der Waals surface area (Å²) in [6.07, 6.45) is -3.15. The number of anilines is 1. The van der Waals surface area contributed by atoms with Gasteiger partial charge in [-0.3, -0.25) is 4.57 Å². The fraction of sp³-hybridized carbons (Fsp3) is 0.353. The van der Waals surface area contributed by atoms with Crippen molar-refractivity contribution in [3.8, 4) is 5.75 Å². The van der Waals surface area contributed by atoms with Crippen LogP contribution in [-0.4, -0.2) is 66.9 Å². The lowest BCUT2D eigenvalue weighted by molar-refractivity contribution is -0.0548. The quantitative estimate of drug-likeness (QED) is 0.463. The maximum absolute atomic E-state index is 10.5. The lowest BCUT2D eigenvalue weighted by atomic mass is 10.1. The minimum Gasteiger partial charge on any atom is -0.497 e. The van der Waals surface area contributed by atoms with E-state index in [0.29, 0.717) is 16.3 Å². The number of methoxy groups -OCH3 is 1. The molecule has 1 aromatic carbocycles. The Morgan fingerprint density at radius 1 is 1.21 bits per heavy atom. The molecule has 5 N–H and O–H groups in total. The van der Waals surface area contributed by atoms with Gasteiger partial charge < -0.3 is 30.5 Å². The Kier molecular flexibility index (Phi) is 5.08. The molecule has 148 valence electrons. The average Bonchev–Trinajstić information content (AvgIpc) is 3.21. The van der Waals surface area contributed by atoms with E-state index in [1.165, 1.54) is 18.1 Å². The molecule has 1 aliphatic heterocycles. The van der Waals surface area contributed by atoms with Crippen molar-refractivity contribution in [2.24, 2.45) is 0 Å². The number of hydrogen-bond donors (Lipinski definition) is 4. The number of aliphatic hydroxyl groups is 3. The third-order valence-corrected chi connectivity index (χ3v) is 5.49. The Morgan fingerprint density at radius 2 is 1.96 bits per heavy atom. The van der Waals surface area contributed by atoms with Crippen molar-refractivity contribution in [1.29, 1.82) is 0 Å². The SMILES string of the molecule is COc1ccc(Sc2nc3c(N)ncnc3n2[C@@H]2O[C@H](CO)C(O)C2O)cc1. The maximum atomic E-state index is 10.5. The van der Waals surface area contributed by atoms with Crippen LogP contribution in [0.5, 0.6) is 5.75 Å². The highest BCUT2D eigenvalue weighted by molar-refractivity contribution is 7.99. The molecule has 0 bridgehead atoms. The molecule has 2 aromatic heterocycles. The van der Waals surface area contributed by atoms with E-state index in [-0.39, 0.29) is 5.82 Å². The molecule has 3 aromatic rings. The molecule has 10 nitrogen and oxygen atoms in total. The molecular weight excluding hydrogens is 386 g/mol. The molecule has 28 heavy (non-hydrogen) atoms. The number of aromatic nitrogens is 4. The molecule has 11 heteroatoms. The summed E-state index contributed by atoms with van der Waals surface area (Å²) in [7, 11) is 1.59. The monoisotopic (exact) mass is 405 g/mol. The predicted octanol–water partition coefficient (Wildman–Crippen LogP) is 0.180. The summed E-state index contributed by atoms with van der Waals surface area (Å²) in [4.78, 5) is 13.6. The van der Waals surface area contributed by atoms with Gasteiger partial charge in [0.2, 0.25) is 0 Å². The van der Waals surface area contributed by atoms with Gasteiger partial charge in [0.05, 0.1) is 13.7 Å². The van der Waals surface area contributed by atoms with Crippen molar-refractivity contribution in [3.63, 3.8) is 0 Å². The number of nitrogens with zero attached hydrogens (tertiary/aromatic N) is 4. The number of imidazole rings is 1. The number of rotatable bonds is 5. The van der Waals surface area contributed by atoms with Crippen molar-refractivity contribution >= 4 is 28.7 Å². The Balaban J connectivity index is 1.79. The zero-order chi connectivity index (χ0) is 19.8. The molecule has 0 amide bonds. The van der Waals surface area contributed by atoms with E-state index >= 15 is 0 Å². The first-order chi connectivity index (χ1) is 13.5. The van der Waals surface area contributed by atoms with Gasteiger partial charge in [0.25, 0.3) is 0 Å². The van der Waals surface area contributed by atoms with Crippen molar-refractivity contribution in [1.82, 2.24) is 19.5 Å². The Morgan fingerprint density at radius 3 is 2.61 bits per heavy atom. The lowest BCUT2D eigenvalue weighted by Crippen LogP contribution is -2.33. The second-order valence-corrected chi connectivity index (χ2v) is 7.24. The van der Waals surface area contributed by atoms with Crippen molar-refractivity contribution in [3.05, 3.63) is 30.6 Å². The standard InChI is InChI=1S/C17H19N5O5S/c1-26-8-2-4-9(5-3-8)28-17-21-11-14(18)19-7-20-15(11)22(17)16-13(25)12(24)10(6-23)27-16/h2-5,7,10,12-13,16,23-25H,6H2,1H3,(H2,18,19,20)/t10-,12?,13?,16-/m1/s1. The molecular formula is C17H19N5O5S. The van der Waals surface area contributed by atoms with Gasteiger partial charge in [-0.2, -0.15) is 0 Å². The van der Waals surface area contributed by atoms with Crippen LogP contribution in [-0.2, 0) is 4.74 Å². The summed E-state index contributed by atoms with van der Waals surface area (Å²) >= 11 is 1.30. The molecule has 1 aliphatic rings. The number of nitrogens with two attached hydrogens (primary N) is 1. The van der Waals surface area contributed by atoms with E-state index in [1.54, 1.807) is 11.7 Å². The number of hydrogen-bond acceptors (Lipinski definition) is 10. The Bertz CT molecular complexity index is 982. The summed E-state index contributed by atoms with van der Waals surface area (Å²) < 4.78 is 12.4. The van der Waals surface area contributed by atoms with Crippen molar-refractivity contribution < 1.29 is 24.8 Å². The number of benzene rings is 1. The minimum atomic E-state index is -1.28. The molecule has 2 unspecified atom stereocenters. The van der Waals surface area contributed by atoms with Gasteiger partial charge in [-0.05, 0) is 24.3 Å². The smallest absolute Gasteiger partial charge is 0.177 e. The van der Waals surface area contributed by atoms with E-state index in [2.05, 4.69) is 15.0 Å². The zero-order valence-electron chi connectivity index (χ0n) is 14.8. The van der Waals surface area contributed by atoms with Gasteiger partial charge in [-0.25, -0.2) is 15.0 Å². The second-order valence-electron chi connectivity index (χ2n) is 6.20. The second kappa shape index (κ2) is 7.53. The van der Waals surface area contributed by atoms with E-state index in [1.807, 2.05) is 24.3 Å². The highest BCUT2D eigenvalue weighted by Crippen LogP contribution is 2.38. The first-order valence-corrected chi connectivity index (χ1v) is 9.28. The average molecular weight is 405 g/mol. The van der Waals surface area contributed by atoms with Crippen LogP contribution < -0.4 is 10.5 Å². The summed E-state index contributed by atoms with van der Waals surface area (Å²) in [5.41, 5.74) is 6.66. The lowest BCUT2D eigenvalue weighted by Gasteiger charge is -2.19. The van der Waals surface area contributed by atoms with Gasteiger partial charge in [-0.1, -0.05) is 11.8 Å². The third-order valence-electron chi connectivity index (χ3n) is 4.51. The Labute approximate surface area is 164 Å². The Hall–Kier alpha value is -2.44. The van der Waals surface area contributed by atoms with Gasteiger partial charge >= 0.3 is 0 Å². The van der Waals surface area contributed by atoms with Crippen LogP contribution in [0, 0.1) is 0 Å². The van der Waals surface area contributed by atoms with E-state index in [4.69, 9.17) is 15.2 Å². The third kappa shape index (κ3) is 3.16. The normalized spacial score (nSPS) is 24.7. The van der Waals surface area contributed by atoms with Crippen LogP contribution in [0.3, 0.4) is 0 Å². The molecule has 0 spiro atoms. The number of nitrogen functional groups attached to an aromatic ring is 1. The first-order valence-electron chi connectivity index (χ1n) is 8.46. The molecule has 1 fully saturated rings. The molecule has 3 heterocycles.